The van der Waals surface area contributed by atoms with E-state index in [1.165, 1.54) is 0 Å². The SMILES string of the molecule is c1cc2c(c([C@@H]3CCCN3c3ncnc4nc[nH]c34)c1)OCCO2. The Kier molecular flexibility index (Phi) is 3.04. The van der Waals surface area contributed by atoms with Gasteiger partial charge in [0.1, 0.15) is 25.1 Å². The Morgan fingerprint density at radius 3 is 3.08 bits per heavy atom. The number of fused-ring (bicyclic) bond motifs is 2. The van der Waals surface area contributed by atoms with Crippen molar-refractivity contribution < 1.29 is 9.47 Å². The molecule has 1 aromatic carbocycles. The van der Waals surface area contributed by atoms with Gasteiger partial charge in [-0.1, -0.05) is 12.1 Å². The van der Waals surface area contributed by atoms with Crippen molar-refractivity contribution >= 4 is 17.0 Å². The molecule has 0 bridgehead atoms. The highest BCUT2D eigenvalue weighted by Crippen LogP contribution is 2.44. The Morgan fingerprint density at radius 1 is 1.12 bits per heavy atom. The molecule has 3 aromatic rings. The fraction of sp³-hybridized carbons (Fsp3) is 0.353. The summed E-state index contributed by atoms with van der Waals surface area (Å²) in [7, 11) is 0. The zero-order valence-electron chi connectivity index (χ0n) is 13.1. The van der Waals surface area contributed by atoms with E-state index in [4.69, 9.17) is 9.47 Å². The van der Waals surface area contributed by atoms with Gasteiger partial charge in [0.05, 0.1) is 12.4 Å². The summed E-state index contributed by atoms with van der Waals surface area (Å²) >= 11 is 0. The molecule has 2 aliphatic heterocycles. The second-order valence-electron chi connectivity index (χ2n) is 6.02. The molecule has 5 rings (SSSR count). The quantitative estimate of drug-likeness (QED) is 0.781. The lowest BCUT2D eigenvalue weighted by atomic mass is 10.0. The van der Waals surface area contributed by atoms with E-state index < -0.39 is 0 Å². The van der Waals surface area contributed by atoms with E-state index in [2.05, 4.69) is 30.9 Å². The third-order valence-corrected chi connectivity index (χ3v) is 4.68. The molecule has 0 spiro atoms. The van der Waals surface area contributed by atoms with Crippen molar-refractivity contribution in [1.29, 1.82) is 0 Å². The third-order valence-electron chi connectivity index (χ3n) is 4.68. The Balaban J connectivity index is 1.60. The molecule has 1 atom stereocenters. The van der Waals surface area contributed by atoms with Gasteiger partial charge in [0.2, 0.25) is 0 Å². The van der Waals surface area contributed by atoms with E-state index in [1.54, 1.807) is 12.7 Å². The summed E-state index contributed by atoms with van der Waals surface area (Å²) in [4.78, 5) is 18.5. The van der Waals surface area contributed by atoms with Crippen molar-refractivity contribution in [3.05, 3.63) is 36.4 Å². The van der Waals surface area contributed by atoms with Gasteiger partial charge in [0.25, 0.3) is 0 Å². The summed E-state index contributed by atoms with van der Waals surface area (Å²) in [5.74, 6) is 2.60. The average Bonchev–Trinajstić information content (AvgIpc) is 3.30. The smallest absolute Gasteiger partial charge is 0.182 e. The molecule has 0 amide bonds. The summed E-state index contributed by atoms with van der Waals surface area (Å²) < 4.78 is 11.7. The summed E-state index contributed by atoms with van der Waals surface area (Å²) in [5.41, 5.74) is 2.74. The zero-order valence-corrected chi connectivity index (χ0v) is 13.1. The first-order valence-electron chi connectivity index (χ1n) is 8.21. The van der Waals surface area contributed by atoms with Crippen LogP contribution in [0.2, 0.25) is 0 Å². The van der Waals surface area contributed by atoms with Gasteiger partial charge in [-0.2, -0.15) is 0 Å². The minimum Gasteiger partial charge on any atom is -0.486 e. The number of aromatic nitrogens is 4. The number of aromatic amines is 1. The summed E-state index contributed by atoms with van der Waals surface area (Å²) in [6, 6.07) is 6.34. The molecule has 1 N–H and O–H groups in total. The van der Waals surface area contributed by atoms with Crippen LogP contribution in [-0.4, -0.2) is 39.7 Å². The topological polar surface area (TPSA) is 76.2 Å². The molecule has 122 valence electrons. The van der Waals surface area contributed by atoms with Crippen LogP contribution in [0.3, 0.4) is 0 Å². The van der Waals surface area contributed by atoms with Gasteiger partial charge in [-0.3, -0.25) is 0 Å². The fourth-order valence-corrected chi connectivity index (χ4v) is 3.67. The molecule has 7 nitrogen and oxygen atoms in total. The molecule has 0 radical (unpaired) electrons. The van der Waals surface area contributed by atoms with Crippen molar-refractivity contribution in [1.82, 2.24) is 19.9 Å². The van der Waals surface area contributed by atoms with E-state index in [0.29, 0.717) is 18.9 Å². The van der Waals surface area contributed by atoms with Crippen LogP contribution >= 0.6 is 0 Å². The second kappa shape index (κ2) is 5.36. The molecule has 24 heavy (non-hydrogen) atoms. The number of imidazole rings is 1. The van der Waals surface area contributed by atoms with Crippen LogP contribution in [0.1, 0.15) is 24.4 Å². The number of H-pyrrole nitrogens is 1. The van der Waals surface area contributed by atoms with Crippen LogP contribution in [0.15, 0.2) is 30.9 Å². The maximum atomic E-state index is 5.92. The normalized spacial score (nSPS) is 19.8. The second-order valence-corrected chi connectivity index (χ2v) is 6.02. The van der Waals surface area contributed by atoms with Gasteiger partial charge in [0, 0.05) is 12.1 Å². The molecule has 0 aliphatic carbocycles. The van der Waals surface area contributed by atoms with E-state index in [9.17, 15) is 0 Å². The molecule has 7 heteroatoms. The minimum absolute atomic E-state index is 0.211. The number of benzene rings is 1. The Bertz CT molecular complexity index is 894. The highest BCUT2D eigenvalue weighted by molar-refractivity contribution is 5.83. The lowest BCUT2D eigenvalue weighted by Crippen LogP contribution is -2.25. The van der Waals surface area contributed by atoms with E-state index in [1.807, 2.05) is 12.1 Å². The number of anilines is 1. The van der Waals surface area contributed by atoms with Gasteiger partial charge < -0.3 is 19.4 Å². The number of nitrogens with zero attached hydrogens (tertiary/aromatic N) is 4. The van der Waals surface area contributed by atoms with Crippen LogP contribution in [-0.2, 0) is 0 Å². The van der Waals surface area contributed by atoms with Gasteiger partial charge >= 0.3 is 0 Å². The maximum Gasteiger partial charge on any atom is 0.182 e. The predicted octanol–water partition coefficient (Wildman–Crippen LogP) is 2.47. The Hall–Kier alpha value is -2.83. The van der Waals surface area contributed by atoms with Gasteiger partial charge in [-0.25, -0.2) is 15.0 Å². The Labute approximate surface area is 138 Å². The van der Waals surface area contributed by atoms with Crippen molar-refractivity contribution in [2.45, 2.75) is 18.9 Å². The van der Waals surface area contributed by atoms with Gasteiger partial charge in [-0.05, 0) is 18.9 Å². The van der Waals surface area contributed by atoms with E-state index in [-0.39, 0.29) is 6.04 Å². The van der Waals surface area contributed by atoms with Crippen molar-refractivity contribution in [2.24, 2.45) is 0 Å². The molecule has 0 saturated carbocycles. The number of nitrogens with one attached hydrogen (secondary N) is 1. The lowest BCUT2D eigenvalue weighted by molar-refractivity contribution is 0.169. The fourth-order valence-electron chi connectivity index (χ4n) is 3.67. The average molecular weight is 323 g/mol. The minimum atomic E-state index is 0.211. The highest BCUT2D eigenvalue weighted by atomic mass is 16.6. The van der Waals surface area contributed by atoms with E-state index in [0.717, 1.165) is 47.8 Å². The van der Waals surface area contributed by atoms with Crippen LogP contribution in [0.5, 0.6) is 11.5 Å². The van der Waals surface area contributed by atoms with Crippen molar-refractivity contribution in [2.75, 3.05) is 24.7 Å². The number of para-hydroxylation sites is 1. The molecule has 4 heterocycles. The molecular weight excluding hydrogens is 306 g/mol. The van der Waals surface area contributed by atoms with Crippen LogP contribution in [0.4, 0.5) is 5.82 Å². The summed E-state index contributed by atoms with van der Waals surface area (Å²) in [6.45, 7) is 2.14. The standard InChI is InChI=1S/C17H17N5O2/c1-3-11(15-13(5-1)23-7-8-24-15)12-4-2-6-22(12)17-14-16(19-9-18-14)20-10-21-17/h1,3,5,9-10,12H,2,4,6-8H2,(H,18,19,20,21)/t12-/m0/s1. The van der Waals surface area contributed by atoms with Crippen LogP contribution in [0.25, 0.3) is 11.2 Å². The van der Waals surface area contributed by atoms with Crippen LogP contribution in [0, 0.1) is 0 Å². The van der Waals surface area contributed by atoms with Crippen molar-refractivity contribution in [3.63, 3.8) is 0 Å². The highest BCUT2D eigenvalue weighted by Gasteiger charge is 2.32. The predicted molar refractivity (Wildman–Crippen MR) is 88.4 cm³/mol. The third kappa shape index (κ3) is 2.01. The number of hydrogen-bond donors (Lipinski definition) is 1. The van der Waals surface area contributed by atoms with E-state index >= 15 is 0 Å². The molecule has 2 aliphatic rings. The Morgan fingerprint density at radius 2 is 2.08 bits per heavy atom. The molecule has 1 saturated heterocycles. The summed E-state index contributed by atoms with van der Waals surface area (Å²) in [5, 5.41) is 0. The maximum absolute atomic E-state index is 5.92. The van der Waals surface area contributed by atoms with Gasteiger partial charge in [-0.15, -0.1) is 0 Å². The number of ether oxygens (including phenoxy) is 2. The number of hydrogen-bond acceptors (Lipinski definition) is 6. The first-order chi connectivity index (χ1) is 11.9. The van der Waals surface area contributed by atoms with Crippen LogP contribution < -0.4 is 14.4 Å². The largest absolute Gasteiger partial charge is 0.486 e. The van der Waals surface area contributed by atoms with Gasteiger partial charge in [0.15, 0.2) is 23.0 Å². The molecular formula is C17H17N5O2. The summed E-state index contributed by atoms with van der Waals surface area (Å²) in [6.07, 6.45) is 5.40. The number of rotatable bonds is 2. The molecule has 2 aromatic heterocycles. The first-order valence-corrected chi connectivity index (χ1v) is 8.21. The molecule has 0 unspecified atom stereocenters. The lowest BCUT2D eigenvalue weighted by Gasteiger charge is -2.29. The molecule has 1 fully saturated rings. The zero-order chi connectivity index (χ0) is 15.9. The van der Waals surface area contributed by atoms with Crippen molar-refractivity contribution in [3.8, 4) is 11.5 Å². The first kappa shape index (κ1) is 13.6. The monoisotopic (exact) mass is 323 g/mol.